The minimum atomic E-state index is -0.196. The second-order valence-electron chi connectivity index (χ2n) is 3.82. The van der Waals surface area contributed by atoms with Crippen LogP contribution in [-0.4, -0.2) is 10.1 Å². The third-order valence-corrected chi connectivity index (χ3v) is 2.35. The zero-order valence-corrected chi connectivity index (χ0v) is 9.26. The highest BCUT2D eigenvalue weighted by Crippen LogP contribution is 2.08. The predicted octanol–water partition coefficient (Wildman–Crippen LogP) is 1.87. The van der Waals surface area contributed by atoms with Gasteiger partial charge in [-0.2, -0.15) is 4.98 Å². The molecule has 0 aliphatic rings. The van der Waals surface area contributed by atoms with Crippen LogP contribution in [0.5, 0.6) is 0 Å². The number of aromatic nitrogens is 2. The molecule has 0 fully saturated rings. The summed E-state index contributed by atoms with van der Waals surface area (Å²) in [6, 6.07) is 10.0. The molecule has 0 saturated carbocycles. The smallest absolute Gasteiger partial charge is 0.243 e. The molecule has 1 aromatic carbocycles. The third kappa shape index (κ3) is 2.67. The van der Waals surface area contributed by atoms with Crippen molar-refractivity contribution in [2.75, 3.05) is 0 Å². The minimum Gasteiger partial charge on any atom is -0.338 e. The van der Waals surface area contributed by atoms with Crippen molar-refractivity contribution in [1.29, 1.82) is 0 Å². The summed E-state index contributed by atoms with van der Waals surface area (Å²) in [7, 11) is 0. The lowest BCUT2D eigenvalue weighted by atomic mass is 10.1. The van der Waals surface area contributed by atoms with Gasteiger partial charge in [0.1, 0.15) is 0 Å². The van der Waals surface area contributed by atoms with Crippen LogP contribution in [0, 0.1) is 0 Å². The molecule has 4 nitrogen and oxygen atoms in total. The van der Waals surface area contributed by atoms with Gasteiger partial charge in [-0.3, -0.25) is 0 Å². The number of nitrogens with two attached hydrogens (primary N) is 1. The summed E-state index contributed by atoms with van der Waals surface area (Å²) in [4.78, 5) is 4.22. The van der Waals surface area contributed by atoms with Crippen molar-refractivity contribution in [1.82, 2.24) is 10.1 Å². The first kappa shape index (κ1) is 10.8. The molecule has 1 heterocycles. The first-order valence-corrected chi connectivity index (χ1v) is 5.37. The van der Waals surface area contributed by atoms with Gasteiger partial charge in [-0.25, -0.2) is 0 Å². The summed E-state index contributed by atoms with van der Waals surface area (Å²) >= 11 is 0. The molecule has 2 aromatic rings. The Labute approximate surface area is 94.5 Å². The van der Waals surface area contributed by atoms with Crippen molar-refractivity contribution in [2.45, 2.75) is 25.8 Å². The normalized spacial score (nSPS) is 12.6. The molecule has 0 radical (unpaired) electrons. The van der Waals surface area contributed by atoms with E-state index in [2.05, 4.69) is 22.3 Å². The zero-order chi connectivity index (χ0) is 11.4. The van der Waals surface area contributed by atoms with Crippen LogP contribution < -0.4 is 5.73 Å². The Kier molecular flexibility index (Phi) is 3.31. The average Bonchev–Trinajstić information content (AvgIpc) is 2.76. The van der Waals surface area contributed by atoms with E-state index in [1.54, 1.807) is 0 Å². The molecule has 0 aliphatic carbocycles. The van der Waals surface area contributed by atoms with Crippen molar-refractivity contribution in [3.8, 4) is 0 Å². The first-order valence-electron chi connectivity index (χ1n) is 5.37. The van der Waals surface area contributed by atoms with Crippen LogP contribution in [0.1, 0.15) is 30.2 Å². The van der Waals surface area contributed by atoms with Crippen LogP contribution in [0.4, 0.5) is 0 Å². The van der Waals surface area contributed by atoms with E-state index < -0.39 is 0 Å². The molecule has 0 saturated heterocycles. The second kappa shape index (κ2) is 4.90. The molecular formula is C12H15N3O. The molecule has 1 aromatic heterocycles. The van der Waals surface area contributed by atoms with E-state index in [4.69, 9.17) is 10.3 Å². The number of rotatable bonds is 4. The van der Waals surface area contributed by atoms with Gasteiger partial charge in [0.15, 0.2) is 5.82 Å². The molecule has 0 unspecified atom stereocenters. The first-order chi connectivity index (χ1) is 7.75. The Morgan fingerprint density at radius 1 is 1.25 bits per heavy atom. The average molecular weight is 217 g/mol. The Hall–Kier alpha value is -1.68. The molecule has 4 heteroatoms. The van der Waals surface area contributed by atoms with Crippen molar-refractivity contribution in [3.05, 3.63) is 47.6 Å². The quantitative estimate of drug-likeness (QED) is 0.849. The molecular weight excluding hydrogens is 202 g/mol. The van der Waals surface area contributed by atoms with E-state index in [0.717, 1.165) is 18.7 Å². The fourth-order valence-electron chi connectivity index (χ4n) is 1.45. The summed E-state index contributed by atoms with van der Waals surface area (Å²) in [6.45, 7) is 1.83. The maximum Gasteiger partial charge on any atom is 0.243 e. The number of benzene rings is 1. The topological polar surface area (TPSA) is 64.9 Å². The molecule has 0 aliphatic heterocycles. The Morgan fingerprint density at radius 2 is 2.00 bits per heavy atom. The Balaban J connectivity index is 1.95. The standard InChI is InChI=1S/C12H15N3O/c1-9(13)12-14-11(15-16-12)8-7-10-5-3-2-4-6-10/h2-6,9H,7-8,13H2,1H3/t9-/m1/s1. The Morgan fingerprint density at radius 3 is 2.62 bits per heavy atom. The summed E-state index contributed by atoms with van der Waals surface area (Å²) in [5, 5.41) is 3.89. The van der Waals surface area contributed by atoms with Crippen molar-refractivity contribution < 1.29 is 4.52 Å². The van der Waals surface area contributed by atoms with Gasteiger partial charge >= 0.3 is 0 Å². The molecule has 84 valence electrons. The number of hydrogen-bond donors (Lipinski definition) is 1. The van der Waals surface area contributed by atoms with Crippen LogP contribution in [0.3, 0.4) is 0 Å². The van der Waals surface area contributed by atoms with Gasteiger partial charge in [0.05, 0.1) is 6.04 Å². The van der Waals surface area contributed by atoms with Gasteiger partial charge in [0, 0.05) is 6.42 Å². The fraction of sp³-hybridized carbons (Fsp3) is 0.333. The van der Waals surface area contributed by atoms with Gasteiger partial charge in [-0.15, -0.1) is 0 Å². The van der Waals surface area contributed by atoms with Crippen molar-refractivity contribution in [2.24, 2.45) is 5.73 Å². The molecule has 1 atom stereocenters. The van der Waals surface area contributed by atoms with Crippen molar-refractivity contribution in [3.63, 3.8) is 0 Å². The molecule has 16 heavy (non-hydrogen) atoms. The number of aryl methyl sites for hydroxylation is 2. The monoisotopic (exact) mass is 217 g/mol. The maximum absolute atomic E-state index is 5.64. The fourth-order valence-corrected chi connectivity index (χ4v) is 1.45. The highest BCUT2D eigenvalue weighted by atomic mass is 16.5. The zero-order valence-electron chi connectivity index (χ0n) is 9.26. The third-order valence-electron chi connectivity index (χ3n) is 2.35. The summed E-state index contributed by atoms with van der Waals surface area (Å²) in [5.74, 6) is 1.22. The maximum atomic E-state index is 5.64. The largest absolute Gasteiger partial charge is 0.338 e. The lowest BCUT2D eigenvalue weighted by Crippen LogP contribution is -2.05. The lowest BCUT2D eigenvalue weighted by molar-refractivity contribution is 0.357. The number of hydrogen-bond acceptors (Lipinski definition) is 4. The van der Waals surface area contributed by atoms with E-state index in [9.17, 15) is 0 Å². The highest BCUT2D eigenvalue weighted by Gasteiger charge is 2.09. The van der Waals surface area contributed by atoms with Crippen LogP contribution in [0.2, 0.25) is 0 Å². The Bertz CT molecular complexity index is 437. The van der Waals surface area contributed by atoms with Gasteiger partial charge < -0.3 is 10.3 Å². The van der Waals surface area contributed by atoms with Crippen LogP contribution in [0.25, 0.3) is 0 Å². The molecule has 0 amide bonds. The van der Waals surface area contributed by atoms with Gasteiger partial charge in [-0.1, -0.05) is 35.5 Å². The molecule has 0 bridgehead atoms. The van der Waals surface area contributed by atoms with E-state index in [1.165, 1.54) is 5.56 Å². The van der Waals surface area contributed by atoms with Crippen molar-refractivity contribution >= 4 is 0 Å². The van der Waals surface area contributed by atoms with Gasteiger partial charge in [0.2, 0.25) is 5.89 Å². The van der Waals surface area contributed by atoms with Gasteiger partial charge in [-0.05, 0) is 18.9 Å². The summed E-state index contributed by atoms with van der Waals surface area (Å²) in [6.07, 6.45) is 1.69. The van der Waals surface area contributed by atoms with Crippen LogP contribution in [-0.2, 0) is 12.8 Å². The van der Waals surface area contributed by atoms with Gasteiger partial charge in [0.25, 0.3) is 0 Å². The predicted molar refractivity (Wildman–Crippen MR) is 60.8 cm³/mol. The van der Waals surface area contributed by atoms with E-state index in [0.29, 0.717) is 5.89 Å². The molecule has 2 rings (SSSR count). The summed E-state index contributed by atoms with van der Waals surface area (Å²) in [5.41, 5.74) is 6.91. The van der Waals surface area contributed by atoms with Crippen LogP contribution in [0.15, 0.2) is 34.9 Å². The van der Waals surface area contributed by atoms with E-state index in [1.807, 2.05) is 25.1 Å². The van der Waals surface area contributed by atoms with E-state index in [-0.39, 0.29) is 6.04 Å². The minimum absolute atomic E-state index is 0.196. The highest BCUT2D eigenvalue weighted by molar-refractivity contribution is 5.15. The molecule has 2 N–H and O–H groups in total. The molecule has 0 spiro atoms. The lowest BCUT2D eigenvalue weighted by Gasteiger charge is -1.96. The summed E-state index contributed by atoms with van der Waals surface area (Å²) < 4.78 is 5.03. The second-order valence-corrected chi connectivity index (χ2v) is 3.82. The number of nitrogens with zero attached hydrogens (tertiary/aromatic N) is 2. The SMILES string of the molecule is C[C@@H](N)c1nc(CCc2ccccc2)no1. The van der Waals surface area contributed by atoms with Crippen LogP contribution >= 0.6 is 0 Å². The van der Waals surface area contributed by atoms with E-state index >= 15 is 0 Å².